The summed E-state index contributed by atoms with van der Waals surface area (Å²) in [6, 6.07) is 36.5. The molecule has 2 aromatic heterocycles. The van der Waals surface area contributed by atoms with E-state index in [1.807, 2.05) is 12.1 Å². The highest BCUT2D eigenvalue weighted by Crippen LogP contribution is 2.53. The Morgan fingerprint density at radius 3 is 2.44 bits per heavy atom. The van der Waals surface area contributed by atoms with Crippen LogP contribution >= 0.6 is 0 Å². The van der Waals surface area contributed by atoms with Crippen molar-refractivity contribution in [3.63, 3.8) is 0 Å². The summed E-state index contributed by atoms with van der Waals surface area (Å²) in [6.07, 6.45) is 1.63. The molecule has 36 heavy (non-hydrogen) atoms. The monoisotopic (exact) mass is 461 g/mol. The topological polar surface area (TPSA) is 41.6 Å². The fraction of sp³-hybridized carbons (Fsp3) is 0.0909. The predicted octanol–water partition coefficient (Wildman–Crippen LogP) is 8.02. The van der Waals surface area contributed by atoms with E-state index >= 15 is 0 Å². The molecule has 7 rings (SSSR count). The number of pyridine rings is 1. The van der Waals surface area contributed by atoms with Gasteiger partial charge >= 0.3 is 0 Å². The smallest absolute Gasteiger partial charge is 0.101 e. The van der Waals surface area contributed by atoms with Gasteiger partial charge in [-0.1, -0.05) is 74.5 Å². The molecule has 3 heteroatoms. The van der Waals surface area contributed by atoms with Crippen LogP contribution in [0, 0.1) is 11.3 Å². The number of hydrogen-bond acceptors (Lipinski definition) is 2. The Balaban J connectivity index is 1.52. The number of nitriles is 1. The summed E-state index contributed by atoms with van der Waals surface area (Å²) in [5.74, 6) is 0. The number of rotatable bonds is 2. The third-order valence-electron chi connectivity index (χ3n) is 7.65. The van der Waals surface area contributed by atoms with E-state index in [1.165, 1.54) is 44.1 Å². The Hall–Kier alpha value is -4.68. The maximum atomic E-state index is 9.14. The van der Waals surface area contributed by atoms with E-state index in [9.17, 15) is 0 Å². The molecule has 0 aliphatic heterocycles. The Kier molecular flexibility index (Phi) is 4.25. The van der Waals surface area contributed by atoms with Crippen molar-refractivity contribution in [2.75, 3.05) is 0 Å². The van der Waals surface area contributed by atoms with Crippen molar-refractivity contribution >= 4 is 21.8 Å². The average Bonchev–Trinajstić information content (AvgIpc) is 3.38. The fourth-order valence-electron chi connectivity index (χ4n) is 6.04. The van der Waals surface area contributed by atoms with Crippen LogP contribution in [0.2, 0.25) is 0 Å². The lowest BCUT2D eigenvalue weighted by Gasteiger charge is -2.22. The normalized spacial score (nSPS) is 13.5. The summed E-state index contributed by atoms with van der Waals surface area (Å²) in [4.78, 5) is 4.52. The van der Waals surface area contributed by atoms with Crippen LogP contribution in [0.15, 0.2) is 103 Å². The highest BCUT2D eigenvalue weighted by Gasteiger charge is 2.37. The molecule has 3 nitrogen and oxygen atoms in total. The summed E-state index contributed by atoms with van der Waals surface area (Å²) in [5.41, 5.74) is 11.3. The SMILES string of the molecule is CC1(C)c2ccccc2-c2ccc3c(c21)c1ccccc1n3-c1cccc(-c2ccc(C#N)cn2)c1. The van der Waals surface area contributed by atoms with Crippen molar-refractivity contribution in [2.45, 2.75) is 19.3 Å². The zero-order chi connectivity index (χ0) is 24.4. The Bertz CT molecular complexity index is 1860. The molecule has 1 aliphatic rings. The van der Waals surface area contributed by atoms with Gasteiger partial charge in [0.15, 0.2) is 0 Å². The lowest BCUT2D eigenvalue weighted by atomic mass is 9.80. The summed E-state index contributed by atoms with van der Waals surface area (Å²) in [7, 11) is 0. The van der Waals surface area contributed by atoms with Crippen LogP contribution in [0.4, 0.5) is 0 Å². The molecule has 0 unspecified atom stereocenters. The summed E-state index contributed by atoms with van der Waals surface area (Å²) in [5, 5.41) is 11.7. The first-order valence-electron chi connectivity index (χ1n) is 12.2. The Labute approximate surface area is 209 Å². The standard InChI is InChI=1S/C33H23N3/c1-33(2)27-12-5-3-10-24(27)25-15-17-30-31(32(25)33)26-11-4-6-13-29(26)36(30)23-9-7-8-22(18-23)28-16-14-21(19-34)20-35-28/h3-18,20H,1-2H3. The number of benzene rings is 4. The van der Waals surface area contributed by atoms with Gasteiger partial charge < -0.3 is 4.57 Å². The maximum Gasteiger partial charge on any atom is 0.101 e. The summed E-state index contributed by atoms with van der Waals surface area (Å²) in [6.45, 7) is 4.70. The molecule has 0 N–H and O–H groups in total. The van der Waals surface area contributed by atoms with Crippen molar-refractivity contribution in [3.05, 3.63) is 120 Å². The molecule has 0 amide bonds. The minimum Gasteiger partial charge on any atom is -0.309 e. The number of fused-ring (bicyclic) bond motifs is 7. The van der Waals surface area contributed by atoms with Crippen LogP contribution in [-0.2, 0) is 5.41 Å². The second kappa shape index (κ2) is 7.41. The molecule has 0 atom stereocenters. The van der Waals surface area contributed by atoms with E-state index in [-0.39, 0.29) is 5.41 Å². The number of hydrogen-bond donors (Lipinski definition) is 0. The molecule has 1 aliphatic carbocycles. The van der Waals surface area contributed by atoms with Crippen molar-refractivity contribution in [3.8, 4) is 34.1 Å². The van der Waals surface area contributed by atoms with E-state index in [4.69, 9.17) is 5.26 Å². The number of nitrogens with zero attached hydrogens (tertiary/aromatic N) is 3. The van der Waals surface area contributed by atoms with Crippen molar-refractivity contribution in [1.29, 1.82) is 5.26 Å². The highest BCUT2D eigenvalue weighted by molar-refractivity contribution is 6.14. The van der Waals surface area contributed by atoms with Gasteiger partial charge in [0.2, 0.25) is 0 Å². The lowest BCUT2D eigenvalue weighted by Crippen LogP contribution is -2.15. The quantitative estimate of drug-likeness (QED) is 0.262. The van der Waals surface area contributed by atoms with Gasteiger partial charge in [0, 0.05) is 33.6 Å². The highest BCUT2D eigenvalue weighted by atomic mass is 15.0. The molecule has 0 spiro atoms. The maximum absolute atomic E-state index is 9.14. The van der Waals surface area contributed by atoms with Crippen molar-refractivity contribution < 1.29 is 0 Å². The molecule has 4 aromatic carbocycles. The largest absolute Gasteiger partial charge is 0.309 e. The van der Waals surface area contributed by atoms with E-state index in [0.717, 1.165) is 16.9 Å². The number of para-hydroxylation sites is 1. The molecule has 0 saturated carbocycles. The predicted molar refractivity (Wildman–Crippen MR) is 146 cm³/mol. The zero-order valence-electron chi connectivity index (χ0n) is 20.2. The minimum atomic E-state index is -0.0886. The van der Waals surface area contributed by atoms with Gasteiger partial charge in [-0.2, -0.15) is 5.26 Å². The third-order valence-corrected chi connectivity index (χ3v) is 7.65. The van der Waals surface area contributed by atoms with Gasteiger partial charge in [0.1, 0.15) is 6.07 Å². The Morgan fingerprint density at radius 2 is 1.61 bits per heavy atom. The second-order valence-corrected chi connectivity index (χ2v) is 10.00. The third kappa shape index (κ3) is 2.76. The molecule has 0 bridgehead atoms. The van der Waals surface area contributed by atoms with E-state index < -0.39 is 0 Å². The lowest BCUT2D eigenvalue weighted by molar-refractivity contribution is 0.666. The second-order valence-electron chi connectivity index (χ2n) is 10.00. The minimum absolute atomic E-state index is 0.0886. The molecule has 170 valence electrons. The summed E-state index contributed by atoms with van der Waals surface area (Å²) < 4.78 is 2.37. The first-order valence-corrected chi connectivity index (χ1v) is 12.2. The van der Waals surface area contributed by atoms with Gasteiger partial charge in [-0.05, 0) is 58.7 Å². The van der Waals surface area contributed by atoms with Crippen LogP contribution in [0.5, 0.6) is 0 Å². The van der Waals surface area contributed by atoms with Crippen LogP contribution in [0.25, 0.3) is 49.9 Å². The van der Waals surface area contributed by atoms with E-state index in [0.29, 0.717) is 5.56 Å². The molecule has 2 heterocycles. The fourth-order valence-corrected chi connectivity index (χ4v) is 6.04. The van der Waals surface area contributed by atoms with Crippen LogP contribution in [0.1, 0.15) is 30.5 Å². The Morgan fingerprint density at radius 1 is 0.778 bits per heavy atom. The molecular weight excluding hydrogens is 438 g/mol. The van der Waals surface area contributed by atoms with Crippen molar-refractivity contribution in [1.82, 2.24) is 9.55 Å². The van der Waals surface area contributed by atoms with Crippen molar-refractivity contribution in [2.24, 2.45) is 0 Å². The average molecular weight is 462 g/mol. The molecular formula is C33H23N3. The molecule has 6 aromatic rings. The summed E-state index contributed by atoms with van der Waals surface area (Å²) >= 11 is 0. The van der Waals surface area contributed by atoms with Gasteiger partial charge in [-0.25, -0.2) is 0 Å². The first-order chi connectivity index (χ1) is 17.6. The van der Waals surface area contributed by atoms with E-state index in [2.05, 4.69) is 114 Å². The molecule has 0 saturated heterocycles. The number of aromatic nitrogens is 2. The van der Waals surface area contributed by atoms with Crippen LogP contribution < -0.4 is 0 Å². The first kappa shape index (κ1) is 20.7. The molecule has 0 fully saturated rings. The van der Waals surface area contributed by atoms with Gasteiger partial charge in [-0.3, -0.25) is 4.98 Å². The molecule has 0 radical (unpaired) electrons. The van der Waals surface area contributed by atoms with Gasteiger partial charge in [0.05, 0.1) is 22.3 Å². The van der Waals surface area contributed by atoms with Crippen LogP contribution in [-0.4, -0.2) is 9.55 Å². The van der Waals surface area contributed by atoms with Crippen LogP contribution in [0.3, 0.4) is 0 Å². The van der Waals surface area contributed by atoms with E-state index in [1.54, 1.807) is 6.20 Å². The van der Waals surface area contributed by atoms with Gasteiger partial charge in [0.25, 0.3) is 0 Å². The zero-order valence-corrected chi connectivity index (χ0v) is 20.2. The van der Waals surface area contributed by atoms with Gasteiger partial charge in [-0.15, -0.1) is 0 Å².